The predicted octanol–water partition coefficient (Wildman–Crippen LogP) is 5.42. The second-order valence-electron chi connectivity index (χ2n) is 8.65. The molecule has 2 aliphatic rings. The molecule has 0 radical (unpaired) electrons. The number of amides is 1. The van der Waals surface area contributed by atoms with Crippen LogP contribution in [0.2, 0.25) is 0 Å². The molecule has 2 heterocycles. The van der Waals surface area contributed by atoms with Crippen LogP contribution in [0, 0.1) is 5.92 Å². The van der Waals surface area contributed by atoms with E-state index in [2.05, 4.69) is 24.0 Å². The van der Waals surface area contributed by atoms with Crippen LogP contribution in [0.1, 0.15) is 53.2 Å². The summed E-state index contributed by atoms with van der Waals surface area (Å²) in [5, 5.41) is 1.49. The maximum Gasteiger partial charge on any atom is 0.278 e. The van der Waals surface area contributed by atoms with E-state index in [0.717, 1.165) is 30.4 Å². The number of piperidine rings is 1. The summed E-state index contributed by atoms with van der Waals surface area (Å²) in [5.41, 5.74) is 2.79. The highest BCUT2D eigenvalue weighted by Crippen LogP contribution is 2.49. The molecule has 4 rings (SSSR count). The van der Waals surface area contributed by atoms with Crippen molar-refractivity contribution in [3.8, 4) is 5.75 Å². The van der Waals surface area contributed by atoms with Gasteiger partial charge < -0.3 is 4.74 Å². The normalized spacial score (nSPS) is 25.1. The molecule has 0 aromatic heterocycles. The Morgan fingerprint density at radius 1 is 1.12 bits per heavy atom. The number of likely N-dealkylation sites (tertiary alicyclic amines) is 1. The summed E-state index contributed by atoms with van der Waals surface area (Å²) in [6.07, 6.45) is 0.481. The summed E-state index contributed by atoms with van der Waals surface area (Å²) in [6, 6.07) is 15.5. The van der Waals surface area contributed by atoms with Gasteiger partial charge in [0.1, 0.15) is 5.75 Å². The number of hydrogen-bond acceptors (Lipinski definition) is 4. The molecule has 1 amide bonds. The third-order valence-electron chi connectivity index (χ3n) is 7.11. The van der Waals surface area contributed by atoms with Crippen molar-refractivity contribution in [2.45, 2.75) is 37.8 Å². The highest BCUT2D eigenvalue weighted by atomic mass is 19.3. The van der Waals surface area contributed by atoms with Crippen LogP contribution >= 0.6 is 0 Å². The van der Waals surface area contributed by atoms with Gasteiger partial charge in [-0.1, -0.05) is 30.3 Å². The first kappa shape index (κ1) is 23.4. The van der Waals surface area contributed by atoms with Gasteiger partial charge in [0.05, 0.1) is 20.3 Å². The molecule has 2 aromatic rings. The summed E-state index contributed by atoms with van der Waals surface area (Å²) < 4.78 is 30.6. The molecule has 0 bridgehead atoms. The zero-order valence-corrected chi connectivity index (χ0v) is 19.2. The summed E-state index contributed by atoms with van der Waals surface area (Å²) in [5.74, 6) is 0.829. The molecule has 2 aromatic carbocycles. The molecular weight excluding hydrogens is 426 g/mol. The molecule has 176 valence electrons. The number of benzene rings is 2. The summed E-state index contributed by atoms with van der Waals surface area (Å²) in [4.78, 5) is 21.0. The predicted molar refractivity (Wildman–Crippen MR) is 122 cm³/mol. The first-order valence-corrected chi connectivity index (χ1v) is 11.3. The molecule has 1 saturated heterocycles. The fraction of sp³-hybridized carbons (Fsp3) is 0.423. The van der Waals surface area contributed by atoms with Gasteiger partial charge in [-0.05, 0) is 67.6 Å². The Labute approximate surface area is 193 Å². The van der Waals surface area contributed by atoms with E-state index >= 15 is 0 Å². The number of hydrogen-bond donors (Lipinski definition) is 0. The third-order valence-corrected chi connectivity index (χ3v) is 7.11. The largest absolute Gasteiger partial charge is 0.497 e. The van der Waals surface area contributed by atoms with Crippen molar-refractivity contribution in [2.75, 3.05) is 27.3 Å². The van der Waals surface area contributed by atoms with Crippen LogP contribution in [0.15, 0.2) is 60.7 Å². The van der Waals surface area contributed by atoms with Gasteiger partial charge in [0.2, 0.25) is 0 Å². The van der Waals surface area contributed by atoms with E-state index in [1.807, 2.05) is 36.4 Å². The van der Waals surface area contributed by atoms with E-state index in [-0.39, 0.29) is 29.8 Å². The standard InChI is InChI=1S/C26H30F2N2O3/c1-17-24(25-21-7-4-5-8-22(21)26(31)30(25)33-3)20(18-10-12-19(32-2)13-11-18)14-16-29(17)15-6-9-23(27)28/h4-5,7-13,17,20,24-25H,6,14-16H2,1-3H3/t17-,20+,24-,25?/m1/s1. The van der Waals surface area contributed by atoms with E-state index in [9.17, 15) is 13.6 Å². The molecule has 0 N–H and O–H groups in total. The van der Waals surface area contributed by atoms with Gasteiger partial charge in [0.15, 0.2) is 0 Å². The van der Waals surface area contributed by atoms with Crippen LogP contribution in [0.4, 0.5) is 8.78 Å². The van der Waals surface area contributed by atoms with Crippen molar-refractivity contribution in [2.24, 2.45) is 5.92 Å². The lowest BCUT2D eigenvalue weighted by Gasteiger charge is -2.48. The molecule has 0 spiro atoms. The zero-order valence-electron chi connectivity index (χ0n) is 19.2. The van der Waals surface area contributed by atoms with Crippen LogP contribution in [-0.2, 0) is 4.84 Å². The van der Waals surface area contributed by atoms with Gasteiger partial charge in [0.25, 0.3) is 12.0 Å². The van der Waals surface area contributed by atoms with Gasteiger partial charge in [-0.2, -0.15) is 8.78 Å². The Kier molecular flexibility index (Phi) is 7.10. The second kappa shape index (κ2) is 10.0. The van der Waals surface area contributed by atoms with Crippen molar-refractivity contribution in [3.05, 3.63) is 77.4 Å². The summed E-state index contributed by atoms with van der Waals surface area (Å²) >= 11 is 0. The number of carbonyl (C=O) groups excluding carboxylic acids is 1. The van der Waals surface area contributed by atoms with Crippen LogP contribution < -0.4 is 4.74 Å². The molecule has 4 atom stereocenters. The lowest BCUT2D eigenvalue weighted by molar-refractivity contribution is -0.144. The van der Waals surface area contributed by atoms with Crippen molar-refractivity contribution < 1.29 is 23.1 Å². The van der Waals surface area contributed by atoms with Gasteiger partial charge in [-0.3, -0.25) is 14.5 Å². The number of methoxy groups -OCH3 is 1. The molecule has 1 unspecified atom stereocenters. The molecular formula is C26H30F2N2O3. The van der Waals surface area contributed by atoms with Crippen LogP contribution in [0.5, 0.6) is 5.75 Å². The van der Waals surface area contributed by atoms with Gasteiger partial charge in [0, 0.05) is 24.1 Å². The van der Waals surface area contributed by atoms with Crippen LogP contribution in [0.25, 0.3) is 0 Å². The molecule has 1 fully saturated rings. The van der Waals surface area contributed by atoms with Gasteiger partial charge >= 0.3 is 0 Å². The number of rotatable bonds is 7. The first-order chi connectivity index (χ1) is 16.0. The molecule has 7 heteroatoms. The molecule has 2 aliphatic heterocycles. The van der Waals surface area contributed by atoms with Gasteiger partial charge in [-0.15, -0.1) is 0 Å². The van der Waals surface area contributed by atoms with Crippen molar-refractivity contribution in [1.82, 2.24) is 9.96 Å². The topological polar surface area (TPSA) is 42.0 Å². The highest BCUT2D eigenvalue weighted by molar-refractivity contribution is 5.98. The highest BCUT2D eigenvalue weighted by Gasteiger charge is 2.49. The Morgan fingerprint density at radius 3 is 2.52 bits per heavy atom. The molecule has 5 nitrogen and oxygen atoms in total. The molecule has 0 saturated carbocycles. The SMILES string of the molecule is COc1ccc([C@@H]2CCN(CCC=C(F)F)[C@H](C)[C@H]2C2c3ccccc3C(=O)N2OC)cc1. The minimum atomic E-state index is -1.65. The summed E-state index contributed by atoms with van der Waals surface area (Å²) in [6.45, 7) is 3.47. The van der Waals surface area contributed by atoms with Crippen LogP contribution in [-0.4, -0.2) is 49.2 Å². The number of ether oxygens (including phenoxy) is 1. The fourth-order valence-corrected chi connectivity index (χ4v) is 5.54. The number of fused-ring (bicyclic) bond motifs is 1. The number of halogens is 2. The second-order valence-corrected chi connectivity index (χ2v) is 8.65. The van der Waals surface area contributed by atoms with Crippen LogP contribution in [0.3, 0.4) is 0 Å². The Morgan fingerprint density at radius 2 is 1.85 bits per heavy atom. The quantitative estimate of drug-likeness (QED) is 0.558. The maximum absolute atomic E-state index is 13.1. The maximum atomic E-state index is 13.1. The fourth-order valence-electron chi connectivity index (χ4n) is 5.54. The van der Waals surface area contributed by atoms with Crippen molar-refractivity contribution >= 4 is 5.91 Å². The smallest absolute Gasteiger partial charge is 0.278 e. The lowest BCUT2D eigenvalue weighted by Crippen LogP contribution is -2.51. The Hall–Kier alpha value is -2.77. The van der Waals surface area contributed by atoms with Gasteiger partial charge in [-0.25, -0.2) is 5.06 Å². The van der Waals surface area contributed by atoms with E-state index in [0.29, 0.717) is 18.5 Å². The number of carbonyl (C=O) groups is 1. The number of nitrogens with zero attached hydrogens (tertiary/aromatic N) is 2. The minimum Gasteiger partial charge on any atom is -0.497 e. The van der Waals surface area contributed by atoms with E-state index < -0.39 is 6.08 Å². The Bertz CT molecular complexity index is 1010. The summed E-state index contributed by atoms with van der Waals surface area (Å²) in [7, 11) is 3.17. The molecule has 0 aliphatic carbocycles. The average Bonchev–Trinajstić information content (AvgIpc) is 3.11. The molecule has 33 heavy (non-hydrogen) atoms. The van der Waals surface area contributed by atoms with E-state index in [1.54, 1.807) is 7.11 Å². The van der Waals surface area contributed by atoms with Crippen molar-refractivity contribution in [1.29, 1.82) is 0 Å². The average molecular weight is 457 g/mol. The van der Waals surface area contributed by atoms with E-state index in [1.165, 1.54) is 17.7 Å². The number of hydroxylamine groups is 2. The minimum absolute atomic E-state index is 0.0129. The first-order valence-electron chi connectivity index (χ1n) is 11.3. The van der Waals surface area contributed by atoms with E-state index in [4.69, 9.17) is 9.57 Å². The zero-order chi connectivity index (χ0) is 23.5. The Balaban J connectivity index is 1.73. The van der Waals surface area contributed by atoms with Crippen molar-refractivity contribution in [3.63, 3.8) is 0 Å². The third kappa shape index (κ3) is 4.52. The lowest BCUT2D eigenvalue weighted by atomic mass is 9.71. The monoisotopic (exact) mass is 456 g/mol.